The zero-order chi connectivity index (χ0) is 22.4. The molecule has 1 rings (SSSR count). The second kappa shape index (κ2) is 16.2. The van der Waals surface area contributed by atoms with Crippen molar-refractivity contribution in [2.75, 3.05) is 6.54 Å². The predicted molar refractivity (Wildman–Crippen MR) is 122 cm³/mol. The number of hydrogen-bond donors (Lipinski definition) is 2. The number of quaternary nitrogens is 1. The molecule has 7 heteroatoms. The maximum Gasteiger partial charge on any atom is 0.269 e. The summed E-state index contributed by atoms with van der Waals surface area (Å²) in [5.74, 6) is 0.368. The van der Waals surface area contributed by atoms with Gasteiger partial charge in [-0.3, -0.25) is 14.9 Å². The standard InChI is InChI=1S/C24H41N3O3.BrH/c1-4-5-6-7-8-9-10-11-13-21(24(2,3)25)14-12-19-26-23(28)20-15-17-22(18-16-20)27(29)30;/h15-18,21H,4-14,19,25H2,1-3H3,(H,26,28);1H. The SMILES string of the molecule is CCCCCCCCCCC(CCCNC(=O)c1ccc([N+](=O)[O-])cc1)C(C)(C)[NH3+].[Br-]. The molecule has 0 bridgehead atoms. The molecular weight excluding hydrogens is 458 g/mol. The highest BCUT2D eigenvalue weighted by molar-refractivity contribution is 5.94. The van der Waals surface area contributed by atoms with Crippen molar-refractivity contribution in [3.63, 3.8) is 0 Å². The van der Waals surface area contributed by atoms with Gasteiger partial charge in [0.1, 0.15) is 0 Å². The number of carbonyl (C=O) groups excluding carboxylic acids is 1. The van der Waals surface area contributed by atoms with Crippen LogP contribution in [0.4, 0.5) is 5.69 Å². The van der Waals surface area contributed by atoms with Gasteiger partial charge >= 0.3 is 0 Å². The molecule has 0 aliphatic rings. The smallest absolute Gasteiger partial charge is 0.269 e. The van der Waals surface area contributed by atoms with E-state index in [4.69, 9.17) is 0 Å². The van der Waals surface area contributed by atoms with E-state index in [-0.39, 0.29) is 34.1 Å². The average molecular weight is 501 g/mol. The monoisotopic (exact) mass is 499 g/mol. The Kier molecular flexibility index (Phi) is 15.4. The van der Waals surface area contributed by atoms with Crippen molar-refractivity contribution < 1.29 is 32.4 Å². The maximum atomic E-state index is 12.2. The summed E-state index contributed by atoms with van der Waals surface area (Å²) in [6.45, 7) is 7.28. The van der Waals surface area contributed by atoms with Crippen molar-refractivity contribution in [3.8, 4) is 0 Å². The van der Waals surface area contributed by atoms with Crippen molar-refractivity contribution >= 4 is 11.6 Å². The van der Waals surface area contributed by atoms with Gasteiger partial charge in [0.25, 0.3) is 11.6 Å². The molecule has 1 amide bonds. The highest BCUT2D eigenvalue weighted by Crippen LogP contribution is 2.24. The third kappa shape index (κ3) is 12.9. The number of hydrogen-bond acceptors (Lipinski definition) is 3. The minimum atomic E-state index is -0.463. The van der Waals surface area contributed by atoms with Gasteiger partial charge in [0.2, 0.25) is 0 Å². The number of rotatable bonds is 16. The number of carbonyl (C=O) groups is 1. The number of nitro groups is 1. The number of amides is 1. The Labute approximate surface area is 198 Å². The molecule has 0 heterocycles. The number of halogens is 1. The van der Waals surface area contributed by atoms with Crippen molar-refractivity contribution in [1.29, 1.82) is 0 Å². The van der Waals surface area contributed by atoms with Gasteiger partial charge in [0, 0.05) is 30.2 Å². The lowest BCUT2D eigenvalue weighted by Crippen LogP contribution is -3.00. The van der Waals surface area contributed by atoms with Crippen LogP contribution < -0.4 is 28.0 Å². The lowest BCUT2D eigenvalue weighted by atomic mass is 9.81. The summed E-state index contributed by atoms with van der Waals surface area (Å²) in [7, 11) is 0. The van der Waals surface area contributed by atoms with Crippen LogP contribution in [0, 0.1) is 16.0 Å². The first kappa shape index (κ1) is 29.5. The lowest BCUT2D eigenvalue weighted by Gasteiger charge is -2.27. The molecule has 1 atom stereocenters. The molecule has 0 radical (unpaired) electrons. The Balaban J connectivity index is 0.00000900. The van der Waals surface area contributed by atoms with E-state index >= 15 is 0 Å². The summed E-state index contributed by atoms with van der Waals surface area (Å²) >= 11 is 0. The Morgan fingerprint density at radius 3 is 2.03 bits per heavy atom. The summed E-state index contributed by atoms with van der Waals surface area (Å²) in [5, 5.41) is 13.6. The Bertz CT molecular complexity index is 630. The van der Waals surface area contributed by atoms with Gasteiger partial charge < -0.3 is 28.0 Å². The van der Waals surface area contributed by atoms with E-state index in [1.165, 1.54) is 82.1 Å². The maximum absolute atomic E-state index is 12.2. The first-order chi connectivity index (χ1) is 14.3. The van der Waals surface area contributed by atoms with Gasteiger partial charge in [-0.2, -0.15) is 0 Å². The fourth-order valence-electron chi connectivity index (χ4n) is 3.84. The molecule has 0 saturated carbocycles. The largest absolute Gasteiger partial charge is 1.00 e. The molecule has 1 unspecified atom stereocenters. The van der Waals surface area contributed by atoms with Crippen molar-refractivity contribution in [2.24, 2.45) is 5.92 Å². The van der Waals surface area contributed by atoms with Crippen LogP contribution in [0.15, 0.2) is 24.3 Å². The normalized spacial score (nSPS) is 12.1. The zero-order valence-corrected chi connectivity index (χ0v) is 21.2. The fraction of sp³-hybridized carbons (Fsp3) is 0.708. The molecule has 4 N–H and O–H groups in total. The molecule has 0 aliphatic heterocycles. The van der Waals surface area contributed by atoms with Crippen molar-refractivity contribution in [2.45, 2.75) is 96.9 Å². The molecule has 0 spiro atoms. The average Bonchev–Trinajstić information content (AvgIpc) is 2.70. The van der Waals surface area contributed by atoms with E-state index in [1.54, 1.807) is 0 Å². The van der Waals surface area contributed by atoms with E-state index in [0.29, 0.717) is 18.0 Å². The Morgan fingerprint density at radius 1 is 1.00 bits per heavy atom. The molecule has 6 nitrogen and oxygen atoms in total. The molecular formula is C24H42BrN3O3. The number of nitrogens with one attached hydrogen (secondary N) is 1. The summed E-state index contributed by atoms with van der Waals surface area (Å²) in [6.07, 6.45) is 13.8. The molecule has 1 aromatic carbocycles. The number of benzene rings is 1. The summed E-state index contributed by atoms with van der Waals surface area (Å²) in [4.78, 5) is 22.5. The number of unbranched alkanes of at least 4 members (excludes halogenated alkanes) is 7. The van der Waals surface area contributed by atoms with Crippen LogP contribution in [0.3, 0.4) is 0 Å². The second-order valence-corrected chi connectivity index (χ2v) is 9.15. The highest BCUT2D eigenvalue weighted by Gasteiger charge is 2.27. The summed E-state index contributed by atoms with van der Waals surface area (Å²) in [6, 6.07) is 5.72. The minimum absolute atomic E-state index is 0. The molecule has 0 fully saturated rings. The third-order valence-corrected chi connectivity index (χ3v) is 5.87. The van der Waals surface area contributed by atoms with Gasteiger partial charge in [-0.15, -0.1) is 0 Å². The number of non-ortho nitro benzene ring substituents is 1. The van der Waals surface area contributed by atoms with E-state index in [1.807, 2.05) is 0 Å². The van der Waals surface area contributed by atoms with Crippen molar-refractivity contribution in [1.82, 2.24) is 5.32 Å². The van der Waals surface area contributed by atoms with E-state index < -0.39 is 4.92 Å². The van der Waals surface area contributed by atoms with E-state index in [9.17, 15) is 14.9 Å². The number of nitro benzene ring substituents is 1. The van der Waals surface area contributed by atoms with Crippen LogP contribution in [-0.4, -0.2) is 22.9 Å². The van der Waals surface area contributed by atoms with Crippen LogP contribution in [0.25, 0.3) is 0 Å². The third-order valence-electron chi connectivity index (χ3n) is 5.87. The van der Waals surface area contributed by atoms with Crippen LogP contribution in [-0.2, 0) is 0 Å². The molecule has 0 aromatic heterocycles. The van der Waals surface area contributed by atoms with Gasteiger partial charge in [0.05, 0.1) is 10.5 Å². The van der Waals surface area contributed by atoms with Gasteiger partial charge in [-0.1, -0.05) is 58.3 Å². The van der Waals surface area contributed by atoms with Gasteiger partial charge in [0.15, 0.2) is 0 Å². The zero-order valence-electron chi connectivity index (χ0n) is 19.6. The van der Waals surface area contributed by atoms with Gasteiger partial charge in [-0.25, -0.2) is 0 Å². The fourth-order valence-corrected chi connectivity index (χ4v) is 3.84. The van der Waals surface area contributed by atoms with Crippen molar-refractivity contribution in [3.05, 3.63) is 39.9 Å². The number of nitrogens with zero attached hydrogens (tertiary/aromatic N) is 1. The summed E-state index contributed by atoms with van der Waals surface area (Å²) < 4.78 is 0. The first-order valence-electron chi connectivity index (χ1n) is 11.6. The second-order valence-electron chi connectivity index (χ2n) is 9.15. The van der Waals surface area contributed by atoms with Gasteiger partial charge in [-0.05, 0) is 45.2 Å². The van der Waals surface area contributed by atoms with E-state index in [0.717, 1.165) is 12.8 Å². The highest BCUT2D eigenvalue weighted by atomic mass is 79.9. The predicted octanol–water partition coefficient (Wildman–Crippen LogP) is 2.28. The minimum Gasteiger partial charge on any atom is -1.00 e. The van der Waals surface area contributed by atoms with E-state index in [2.05, 4.69) is 31.8 Å². The molecule has 0 aliphatic carbocycles. The summed E-state index contributed by atoms with van der Waals surface area (Å²) in [5.41, 5.74) is 4.84. The topological polar surface area (TPSA) is 99.9 Å². The Hall–Kier alpha value is -1.47. The molecule has 1 aromatic rings. The molecule has 178 valence electrons. The quantitative estimate of drug-likeness (QED) is 0.207. The first-order valence-corrected chi connectivity index (χ1v) is 11.6. The van der Waals surface area contributed by atoms with Crippen LogP contribution >= 0.6 is 0 Å². The van der Waals surface area contributed by atoms with Crippen LogP contribution in [0.1, 0.15) is 102 Å². The Morgan fingerprint density at radius 2 is 1.52 bits per heavy atom. The molecule has 31 heavy (non-hydrogen) atoms. The molecule has 0 saturated heterocycles. The lowest BCUT2D eigenvalue weighted by molar-refractivity contribution is -0.481. The van der Waals surface area contributed by atoms with Crippen LogP contribution in [0.2, 0.25) is 0 Å². The van der Waals surface area contributed by atoms with Crippen LogP contribution in [0.5, 0.6) is 0 Å².